The van der Waals surface area contributed by atoms with Crippen LogP contribution in [0.4, 0.5) is 0 Å². The third-order valence-corrected chi connectivity index (χ3v) is 3.47. The van der Waals surface area contributed by atoms with Gasteiger partial charge in [-0.05, 0) is 43.7 Å². The SMILES string of the molecule is COCCNCCCc1ncc(-c2ccc(Cl)cc2C)o1. The van der Waals surface area contributed by atoms with Gasteiger partial charge in [-0.1, -0.05) is 11.6 Å². The Bertz CT molecular complexity index is 569. The van der Waals surface area contributed by atoms with Crippen LogP contribution in [-0.2, 0) is 11.2 Å². The average Bonchev–Trinajstić information content (AvgIpc) is 2.91. The fraction of sp³-hybridized carbons (Fsp3) is 0.438. The second kappa shape index (κ2) is 8.17. The van der Waals surface area contributed by atoms with Crippen molar-refractivity contribution < 1.29 is 9.15 Å². The molecule has 0 atom stereocenters. The van der Waals surface area contributed by atoms with Gasteiger partial charge in [0.05, 0.1) is 12.8 Å². The molecule has 0 aliphatic heterocycles. The number of hydrogen-bond acceptors (Lipinski definition) is 4. The number of oxazole rings is 1. The standard InChI is InChI=1S/C16H21ClN2O2/c1-12-10-13(17)5-6-14(12)15-11-19-16(21-15)4-3-7-18-8-9-20-2/h5-6,10-11,18H,3-4,7-9H2,1-2H3. The Labute approximate surface area is 130 Å². The first-order valence-corrected chi connectivity index (χ1v) is 7.49. The third kappa shape index (κ3) is 4.84. The summed E-state index contributed by atoms with van der Waals surface area (Å²) in [6.45, 7) is 4.56. The lowest BCUT2D eigenvalue weighted by molar-refractivity contribution is 0.199. The van der Waals surface area contributed by atoms with Crippen LogP contribution in [0.15, 0.2) is 28.8 Å². The molecule has 5 heteroatoms. The number of nitrogens with one attached hydrogen (secondary N) is 1. The Morgan fingerprint density at radius 2 is 2.19 bits per heavy atom. The zero-order valence-corrected chi connectivity index (χ0v) is 13.2. The molecule has 114 valence electrons. The van der Waals surface area contributed by atoms with E-state index in [9.17, 15) is 0 Å². The van der Waals surface area contributed by atoms with Gasteiger partial charge in [-0.3, -0.25) is 0 Å². The van der Waals surface area contributed by atoms with E-state index in [2.05, 4.69) is 10.3 Å². The van der Waals surface area contributed by atoms with E-state index < -0.39 is 0 Å². The monoisotopic (exact) mass is 308 g/mol. The third-order valence-electron chi connectivity index (χ3n) is 3.23. The normalized spacial score (nSPS) is 11.0. The molecule has 0 saturated carbocycles. The molecule has 21 heavy (non-hydrogen) atoms. The summed E-state index contributed by atoms with van der Waals surface area (Å²) >= 11 is 5.97. The molecular formula is C16H21ClN2O2. The van der Waals surface area contributed by atoms with Crippen molar-refractivity contribution in [3.8, 4) is 11.3 Å². The van der Waals surface area contributed by atoms with Crippen LogP contribution < -0.4 is 5.32 Å². The zero-order chi connectivity index (χ0) is 15.1. The van der Waals surface area contributed by atoms with Gasteiger partial charge >= 0.3 is 0 Å². The lowest BCUT2D eigenvalue weighted by Gasteiger charge is -2.03. The predicted molar refractivity (Wildman–Crippen MR) is 84.8 cm³/mol. The smallest absolute Gasteiger partial charge is 0.194 e. The van der Waals surface area contributed by atoms with Gasteiger partial charge in [0, 0.05) is 30.7 Å². The Kier molecular flexibility index (Phi) is 6.23. The van der Waals surface area contributed by atoms with Gasteiger partial charge in [0.15, 0.2) is 11.7 Å². The highest BCUT2D eigenvalue weighted by atomic mass is 35.5. The van der Waals surface area contributed by atoms with E-state index in [1.54, 1.807) is 13.3 Å². The number of hydrogen-bond donors (Lipinski definition) is 1. The topological polar surface area (TPSA) is 47.3 Å². The van der Waals surface area contributed by atoms with Crippen LogP contribution in [0.2, 0.25) is 5.02 Å². The molecule has 4 nitrogen and oxygen atoms in total. The summed E-state index contributed by atoms with van der Waals surface area (Å²) in [6.07, 6.45) is 3.60. The molecule has 2 rings (SSSR count). The lowest BCUT2D eigenvalue weighted by Crippen LogP contribution is -2.20. The number of methoxy groups -OCH3 is 1. The average molecular weight is 309 g/mol. The minimum absolute atomic E-state index is 0.734. The largest absolute Gasteiger partial charge is 0.441 e. The van der Waals surface area contributed by atoms with E-state index in [4.69, 9.17) is 20.8 Å². The van der Waals surface area contributed by atoms with Crippen LogP contribution in [-0.4, -0.2) is 31.8 Å². The van der Waals surface area contributed by atoms with Crippen molar-refractivity contribution in [2.24, 2.45) is 0 Å². The van der Waals surface area contributed by atoms with Gasteiger partial charge in [0.2, 0.25) is 0 Å². The molecule has 0 aliphatic rings. The summed E-state index contributed by atoms with van der Waals surface area (Å²) in [4.78, 5) is 4.34. The van der Waals surface area contributed by atoms with Crippen LogP contribution in [0.1, 0.15) is 17.9 Å². The van der Waals surface area contributed by atoms with E-state index >= 15 is 0 Å². The van der Waals surface area contributed by atoms with Crippen LogP contribution in [0.3, 0.4) is 0 Å². The summed E-state index contributed by atoms with van der Waals surface area (Å²) in [5.41, 5.74) is 2.13. The molecular weight excluding hydrogens is 288 g/mol. The van der Waals surface area contributed by atoms with E-state index in [0.29, 0.717) is 0 Å². The van der Waals surface area contributed by atoms with Gasteiger partial charge in [-0.25, -0.2) is 4.98 Å². The fourth-order valence-electron chi connectivity index (χ4n) is 2.12. The Morgan fingerprint density at radius 3 is 2.95 bits per heavy atom. The van der Waals surface area contributed by atoms with Crippen molar-refractivity contribution in [3.05, 3.63) is 40.9 Å². The molecule has 0 spiro atoms. The molecule has 0 fully saturated rings. The fourth-order valence-corrected chi connectivity index (χ4v) is 2.34. The van der Waals surface area contributed by atoms with Crippen molar-refractivity contribution in [2.45, 2.75) is 19.8 Å². The molecule has 1 N–H and O–H groups in total. The number of aryl methyl sites for hydroxylation is 2. The number of halogens is 1. The summed E-state index contributed by atoms with van der Waals surface area (Å²) in [5.74, 6) is 1.57. The molecule has 0 bridgehead atoms. The maximum Gasteiger partial charge on any atom is 0.194 e. The summed E-state index contributed by atoms with van der Waals surface area (Å²) < 4.78 is 10.8. The second-order valence-electron chi connectivity index (χ2n) is 4.92. The first kappa shape index (κ1) is 16.0. The number of benzene rings is 1. The van der Waals surface area contributed by atoms with E-state index in [-0.39, 0.29) is 0 Å². The highest BCUT2D eigenvalue weighted by Crippen LogP contribution is 2.26. The summed E-state index contributed by atoms with van der Waals surface area (Å²) in [7, 11) is 1.70. The Balaban J connectivity index is 1.86. The van der Waals surface area contributed by atoms with Crippen molar-refractivity contribution in [2.75, 3.05) is 26.8 Å². The summed E-state index contributed by atoms with van der Waals surface area (Å²) in [5, 5.41) is 4.04. The second-order valence-corrected chi connectivity index (χ2v) is 5.36. The van der Waals surface area contributed by atoms with Gasteiger partial charge in [-0.2, -0.15) is 0 Å². The van der Waals surface area contributed by atoms with Crippen LogP contribution in [0.25, 0.3) is 11.3 Å². The number of nitrogens with zero attached hydrogens (tertiary/aromatic N) is 1. The molecule has 1 aromatic carbocycles. The van der Waals surface area contributed by atoms with Crippen molar-refractivity contribution >= 4 is 11.6 Å². The van der Waals surface area contributed by atoms with Crippen molar-refractivity contribution in [1.29, 1.82) is 0 Å². The first-order chi connectivity index (χ1) is 10.2. The van der Waals surface area contributed by atoms with Crippen molar-refractivity contribution in [3.63, 3.8) is 0 Å². The molecule has 0 radical (unpaired) electrons. The first-order valence-electron chi connectivity index (χ1n) is 7.11. The molecule has 0 amide bonds. The molecule has 0 unspecified atom stereocenters. The maximum absolute atomic E-state index is 5.97. The van der Waals surface area contributed by atoms with E-state index in [1.807, 2.05) is 25.1 Å². The Hall–Kier alpha value is -1.36. The molecule has 0 aliphatic carbocycles. The minimum Gasteiger partial charge on any atom is -0.441 e. The molecule has 0 saturated heterocycles. The van der Waals surface area contributed by atoms with Gasteiger partial charge in [-0.15, -0.1) is 0 Å². The highest BCUT2D eigenvalue weighted by Gasteiger charge is 2.09. The van der Waals surface area contributed by atoms with Crippen molar-refractivity contribution in [1.82, 2.24) is 10.3 Å². The quantitative estimate of drug-likeness (QED) is 0.759. The Morgan fingerprint density at radius 1 is 1.33 bits per heavy atom. The van der Waals surface area contributed by atoms with Crippen LogP contribution in [0, 0.1) is 6.92 Å². The van der Waals surface area contributed by atoms with Gasteiger partial charge < -0.3 is 14.5 Å². The number of aromatic nitrogens is 1. The zero-order valence-electron chi connectivity index (χ0n) is 12.5. The number of ether oxygens (including phenoxy) is 1. The lowest BCUT2D eigenvalue weighted by atomic mass is 10.1. The minimum atomic E-state index is 0.734. The van der Waals surface area contributed by atoms with Gasteiger partial charge in [0.1, 0.15) is 0 Å². The molecule has 1 heterocycles. The molecule has 1 aromatic heterocycles. The number of rotatable bonds is 8. The van der Waals surface area contributed by atoms with E-state index in [1.165, 1.54) is 0 Å². The van der Waals surface area contributed by atoms with Crippen LogP contribution in [0.5, 0.6) is 0 Å². The van der Waals surface area contributed by atoms with Gasteiger partial charge in [0.25, 0.3) is 0 Å². The van der Waals surface area contributed by atoms with Crippen LogP contribution >= 0.6 is 11.6 Å². The highest BCUT2D eigenvalue weighted by molar-refractivity contribution is 6.30. The molecule has 2 aromatic rings. The predicted octanol–water partition coefficient (Wildman–Crippen LogP) is 3.47. The maximum atomic E-state index is 5.97. The van der Waals surface area contributed by atoms with E-state index in [0.717, 1.165) is 60.3 Å². The summed E-state index contributed by atoms with van der Waals surface area (Å²) in [6, 6.07) is 5.76.